The number of alkyl halides is 3. The number of halogens is 4. The molecule has 0 atom stereocenters. The number of anilines is 2. The number of amides is 1. The summed E-state index contributed by atoms with van der Waals surface area (Å²) in [6.07, 6.45) is -1.82. The summed E-state index contributed by atoms with van der Waals surface area (Å²) < 4.78 is 41.2. The number of nitrogens with zero attached hydrogens (tertiary/aromatic N) is 4. The van der Waals surface area contributed by atoms with Crippen LogP contribution in [-0.4, -0.2) is 41.5 Å². The molecule has 38 heavy (non-hydrogen) atoms. The van der Waals surface area contributed by atoms with E-state index in [2.05, 4.69) is 36.0 Å². The average molecular weight is 586 g/mol. The van der Waals surface area contributed by atoms with Gasteiger partial charge in [0.15, 0.2) is 0 Å². The Bertz CT molecular complexity index is 1430. The number of aromatic nitrogens is 2. The minimum atomic E-state index is -4.32. The molecule has 2 aromatic heterocycles. The number of pyridine rings is 1. The van der Waals surface area contributed by atoms with Gasteiger partial charge in [0.05, 0.1) is 11.3 Å². The molecule has 0 bridgehead atoms. The van der Waals surface area contributed by atoms with Gasteiger partial charge in [-0.1, -0.05) is 19.1 Å². The lowest BCUT2D eigenvalue weighted by atomic mass is 10.1. The summed E-state index contributed by atoms with van der Waals surface area (Å²) in [6.45, 7) is 5.35. The van der Waals surface area contributed by atoms with Crippen LogP contribution in [0.25, 0.3) is 5.65 Å². The van der Waals surface area contributed by atoms with Crippen molar-refractivity contribution in [1.82, 2.24) is 14.7 Å². The number of hydrogen-bond acceptors (Lipinski definition) is 4. The maximum atomic E-state index is 13.1. The second-order valence-corrected chi connectivity index (χ2v) is 10.1. The van der Waals surface area contributed by atoms with Crippen LogP contribution in [0.3, 0.4) is 0 Å². The third kappa shape index (κ3) is 5.50. The van der Waals surface area contributed by atoms with Crippen LogP contribution in [0, 0.1) is 0 Å². The summed E-state index contributed by atoms with van der Waals surface area (Å²) in [7, 11) is 0. The Balaban J connectivity index is 1.17. The van der Waals surface area contributed by atoms with E-state index in [4.69, 9.17) is 0 Å². The smallest absolute Gasteiger partial charge is 0.368 e. The Morgan fingerprint density at radius 3 is 2.05 bits per heavy atom. The number of aryl methyl sites for hydroxylation is 1. The number of fused-ring (bicyclic) bond motifs is 1. The molecule has 1 amide bonds. The minimum absolute atomic E-state index is 0.170. The third-order valence-corrected chi connectivity index (χ3v) is 7.27. The van der Waals surface area contributed by atoms with Crippen LogP contribution in [-0.2, 0) is 19.1 Å². The quantitative estimate of drug-likeness (QED) is 0.304. The number of nitrogens with one attached hydrogen (secondary N) is 1. The number of carbonyl (C=O) groups is 1. The normalized spacial score (nSPS) is 14.2. The standard InChI is InChI=1S/C28H27BrF3N5O/c1-2-24-26(37-18-21(29)7-12-25(37)34-24)27(38)33-17-19-3-8-22(9-4-19)35-13-15-36(16-14-35)23-10-5-20(6-11-23)28(30,31)32/h3-12,18H,2,13-17H2,1H3,(H,33,38). The van der Waals surface area contributed by atoms with Gasteiger partial charge in [0.1, 0.15) is 11.3 Å². The Kier molecular flexibility index (Phi) is 7.34. The highest BCUT2D eigenvalue weighted by Crippen LogP contribution is 2.31. The van der Waals surface area contributed by atoms with E-state index in [1.165, 1.54) is 12.1 Å². The topological polar surface area (TPSA) is 52.9 Å². The summed E-state index contributed by atoms with van der Waals surface area (Å²) >= 11 is 3.46. The molecule has 1 aliphatic rings. The summed E-state index contributed by atoms with van der Waals surface area (Å²) in [5, 5.41) is 3.02. The molecule has 6 nitrogen and oxygen atoms in total. The van der Waals surface area contributed by atoms with Crippen LogP contribution < -0.4 is 15.1 Å². The van der Waals surface area contributed by atoms with E-state index < -0.39 is 11.7 Å². The van der Waals surface area contributed by atoms with Gasteiger partial charge in [0, 0.05) is 54.8 Å². The fourth-order valence-electron chi connectivity index (χ4n) is 4.73. The highest BCUT2D eigenvalue weighted by Gasteiger charge is 2.30. The Morgan fingerprint density at radius 1 is 0.921 bits per heavy atom. The highest BCUT2D eigenvalue weighted by molar-refractivity contribution is 9.10. The number of hydrogen-bond donors (Lipinski definition) is 1. The lowest BCUT2D eigenvalue weighted by Gasteiger charge is -2.37. The predicted molar refractivity (Wildman–Crippen MR) is 146 cm³/mol. The number of imidazole rings is 1. The van der Waals surface area contributed by atoms with E-state index in [-0.39, 0.29) is 5.91 Å². The molecule has 4 aromatic rings. The van der Waals surface area contributed by atoms with Gasteiger partial charge in [-0.15, -0.1) is 0 Å². The van der Waals surface area contributed by atoms with E-state index in [1.54, 1.807) is 0 Å². The SMILES string of the molecule is CCc1nc2ccc(Br)cn2c1C(=O)NCc1ccc(N2CCN(c3ccc(C(F)(F)F)cc3)CC2)cc1. The maximum Gasteiger partial charge on any atom is 0.416 e. The Morgan fingerprint density at radius 2 is 1.50 bits per heavy atom. The van der Waals surface area contributed by atoms with Crippen molar-refractivity contribution in [1.29, 1.82) is 0 Å². The third-order valence-electron chi connectivity index (χ3n) is 6.80. The van der Waals surface area contributed by atoms with Crippen molar-refractivity contribution in [3.63, 3.8) is 0 Å². The molecule has 0 aliphatic carbocycles. The first kappa shape index (κ1) is 26.1. The molecule has 1 saturated heterocycles. The van der Waals surface area contributed by atoms with E-state index in [1.807, 2.05) is 53.9 Å². The molecule has 0 unspecified atom stereocenters. The molecule has 0 spiro atoms. The predicted octanol–water partition coefficient (Wildman–Crippen LogP) is 5.93. The van der Waals surface area contributed by atoms with Gasteiger partial charge >= 0.3 is 6.18 Å². The lowest BCUT2D eigenvalue weighted by Crippen LogP contribution is -2.46. The van der Waals surface area contributed by atoms with Crippen molar-refractivity contribution in [2.75, 3.05) is 36.0 Å². The summed E-state index contributed by atoms with van der Waals surface area (Å²) in [5.74, 6) is -0.170. The first-order valence-corrected chi connectivity index (χ1v) is 13.2. The minimum Gasteiger partial charge on any atom is -0.368 e. The average Bonchev–Trinajstić information content (AvgIpc) is 3.29. The molecule has 1 N–H and O–H groups in total. The largest absolute Gasteiger partial charge is 0.416 e. The van der Waals surface area contributed by atoms with Gasteiger partial charge in [-0.25, -0.2) is 4.98 Å². The summed E-state index contributed by atoms with van der Waals surface area (Å²) in [4.78, 5) is 22.0. The van der Waals surface area contributed by atoms with Crippen LogP contribution in [0.4, 0.5) is 24.5 Å². The van der Waals surface area contributed by atoms with Crippen molar-refractivity contribution in [3.05, 3.63) is 93.8 Å². The molecule has 0 saturated carbocycles. The van der Waals surface area contributed by atoms with E-state index in [0.29, 0.717) is 18.7 Å². The summed E-state index contributed by atoms with van der Waals surface area (Å²) in [5.41, 5.74) is 4.27. The number of piperazine rings is 1. The van der Waals surface area contributed by atoms with Crippen LogP contribution in [0.1, 0.15) is 34.2 Å². The second-order valence-electron chi connectivity index (χ2n) is 9.20. The first-order valence-electron chi connectivity index (χ1n) is 12.4. The second kappa shape index (κ2) is 10.7. The molecule has 10 heteroatoms. The Labute approximate surface area is 227 Å². The molecule has 1 aliphatic heterocycles. The van der Waals surface area contributed by atoms with Gasteiger partial charge in [0.2, 0.25) is 0 Å². The van der Waals surface area contributed by atoms with E-state index >= 15 is 0 Å². The van der Waals surface area contributed by atoms with Crippen LogP contribution in [0.2, 0.25) is 0 Å². The van der Waals surface area contributed by atoms with Crippen molar-refractivity contribution < 1.29 is 18.0 Å². The van der Waals surface area contributed by atoms with Crippen molar-refractivity contribution in [3.8, 4) is 0 Å². The highest BCUT2D eigenvalue weighted by atomic mass is 79.9. The fraction of sp³-hybridized carbons (Fsp3) is 0.286. The van der Waals surface area contributed by atoms with Crippen molar-refractivity contribution in [2.24, 2.45) is 0 Å². The molecule has 3 heterocycles. The maximum absolute atomic E-state index is 13.1. The van der Waals surface area contributed by atoms with E-state index in [0.717, 1.165) is 71.1 Å². The number of rotatable bonds is 6. The van der Waals surface area contributed by atoms with Crippen molar-refractivity contribution in [2.45, 2.75) is 26.1 Å². The van der Waals surface area contributed by atoms with Crippen LogP contribution in [0.15, 0.2) is 71.3 Å². The van der Waals surface area contributed by atoms with Crippen LogP contribution in [0.5, 0.6) is 0 Å². The zero-order chi connectivity index (χ0) is 26.9. The van der Waals surface area contributed by atoms with Gasteiger partial charge < -0.3 is 15.1 Å². The van der Waals surface area contributed by atoms with Gasteiger partial charge in [-0.2, -0.15) is 13.2 Å². The molecular formula is C28H27BrF3N5O. The van der Waals surface area contributed by atoms with Gasteiger partial charge in [-0.3, -0.25) is 9.20 Å². The molecule has 2 aromatic carbocycles. The molecule has 1 fully saturated rings. The fourth-order valence-corrected chi connectivity index (χ4v) is 5.07. The monoisotopic (exact) mass is 585 g/mol. The molecule has 198 valence electrons. The first-order chi connectivity index (χ1) is 18.2. The summed E-state index contributed by atoms with van der Waals surface area (Å²) in [6, 6.07) is 17.2. The molecular weight excluding hydrogens is 559 g/mol. The van der Waals surface area contributed by atoms with Gasteiger partial charge in [0.25, 0.3) is 5.91 Å². The Hall–Kier alpha value is -3.53. The molecule has 5 rings (SSSR count). The number of carbonyl (C=O) groups excluding carboxylic acids is 1. The number of benzene rings is 2. The van der Waals surface area contributed by atoms with Crippen LogP contribution >= 0.6 is 15.9 Å². The lowest BCUT2D eigenvalue weighted by molar-refractivity contribution is -0.137. The van der Waals surface area contributed by atoms with Gasteiger partial charge in [-0.05, 0) is 76.4 Å². The molecule has 0 radical (unpaired) electrons. The zero-order valence-electron chi connectivity index (χ0n) is 20.8. The van der Waals surface area contributed by atoms with E-state index in [9.17, 15) is 18.0 Å². The zero-order valence-corrected chi connectivity index (χ0v) is 22.4. The van der Waals surface area contributed by atoms with Crippen molar-refractivity contribution >= 4 is 38.9 Å².